The van der Waals surface area contributed by atoms with Gasteiger partial charge in [-0.25, -0.2) is 4.79 Å². The number of nitrogens with zero attached hydrogens (tertiary/aromatic N) is 1. The van der Waals surface area contributed by atoms with Crippen LogP contribution in [0.5, 0.6) is 5.75 Å². The Hall–Kier alpha value is -1.93. The van der Waals surface area contributed by atoms with E-state index in [1.165, 1.54) is 44.6 Å². The molecule has 1 saturated carbocycles. The van der Waals surface area contributed by atoms with E-state index < -0.39 is 0 Å². The number of methoxy groups -OCH3 is 1. The molecule has 0 spiro atoms. The summed E-state index contributed by atoms with van der Waals surface area (Å²) in [6.07, 6.45) is 7.80. The molecule has 1 aliphatic carbocycles. The molecule has 1 aliphatic heterocycles. The smallest absolute Gasteiger partial charge is 0.319 e. The largest absolute Gasteiger partial charge is 0.495 e. The first-order valence-corrected chi connectivity index (χ1v) is 11.2. The fraction of sp³-hybridized carbons (Fsp3) is 0.550. The molecule has 3 N–H and O–H groups in total. The van der Waals surface area contributed by atoms with Gasteiger partial charge >= 0.3 is 6.03 Å². The van der Waals surface area contributed by atoms with Gasteiger partial charge in [0.2, 0.25) is 0 Å². The number of halogens is 1. The maximum Gasteiger partial charge on any atom is 0.319 e. The highest BCUT2D eigenvalue weighted by atomic mass is 35.5. The molecular weight excluding hydrogens is 412 g/mol. The molecule has 0 aromatic heterocycles. The Morgan fingerprint density at radius 3 is 2.76 bits per heavy atom. The predicted molar refractivity (Wildman–Crippen MR) is 118 cm³/mol. The number of ether oxygens (including phenoxy) is 1. The molecule has 29 heavy (non-hydrogen) atoms. The van der Waals surface area contributed by atoms with Gasteiger partial charge in [-0.1, -0.05) is 49.0 Å². The summed E-state index contributed by atoms with van der Waals surface area (Å²) >= 11 is 7.43. The topological polar surface area (TPSA) is 91.8 Å². The molecule has 1 atom stereocenters. The van der Waals surface area contributed by atoms with E-state index in [-0.39, 0.29) is 17.2 Å². The average Bonchev–Trinajstić information content (AvgIpc) is 2.87. The van der Waals surface area contributed by atoms with Crippen LogP contribution in [0.2, 0.25) is 5.02 Å². The standard InChI is InChI=1S/C20H27ClN4O3S/c1-28-16-9-8-13(21)12-15(16)24-19(27)22-11-10-17-18(26)25-20(29-17)23-14-6-4-2-3-5-7-14/h8-9,12,14,17H,2-7,10-11H2,1H3,(H2,22,24,27)(H,23,25,26). The van der Waals surface area contributed by atoms with Crippen molar-refractivity contribution in [3.05, 3.63) is 23.2 Å². The summed E-state index contributed by atoms with van der Waals surface area (Å²) in [5, 5.41) is 9.88. The third-order valence-corrected chi connectivity index (χ3v) is 6.41. The lowest BCUT2D eigenvalue weighted by molar-refractivity contribution is -0.117. The SMILES string of the molecule is COc1ccc(Cl)cc1NC(=O)NCCC1SC(NC2CCCCCC2)=NC1=O. The fourth-order valence-corrected chi connectivity index (χ4v) is 4.70. The number of carbonyl (C=O) groups excluding carboxylic acids is 2. The minimum absolute atomic E-state index is 0.134. The summed E-state index contributed by atoms with van der Waals surface area (Å²) in [5.41, 5.74) is 0.488. The molecule has 1 unspecified atom stereocenters. The van der Waals surface area contributed by atoms with Crippen molar-refractivity contribution in [3.63, 3.8) is 0 Å². The van der Waals surface area contributed by atoms with Crippen LogP contribution in [0.1, 0.15) is 44.9 Å². The van der Waals surface area contributed by atoms with E-state index in [1.54, 1.807) is 18.2 Å². The number of urea groups is 1. The predicted octanol–water partition coefficient (Wildman–Crippen LogP) is 4.17. The maximum atomic E-state index is 12.2. The number of amides is 3. The van der Waals surface area contributed by atoms with E-state index in [4.69, 9.17) is 16.3 Å². The van der Waals surface area contributed by atoms with Crippen molar-refractivity contribution in [2.24, 2.45) is 4.99 Å². The van der Waals surface area contributed by atoms with E-state index in [9.17, 15) is 9.59 Å². The molecule has 158 valence electrons. The van der Waals surface area contributed by atoms with E-state index in [2.05, 4.69) is 20.9 Å². The molecule has 1 fully saturated rings. The van der Waals surface area contributed by atoms with Crippen molar-refractivity contribution < 1.29 is 14.3 Å². The Balaban J connectivity index is 1.41. The fourth-order valence-electron chi connectivity index (χ4n) is 3.49. The molecule has 3 amide bonds. The molecule has 9 heteroatoms. The summed E-state index contributed by atoms with van der Waals surface area (Å²) in [4.78, 5) is 28.5. The summed E-state index contributed by atoms with van der Waals surface area (Å²) in [7, 11) is 1.52. The highest BCUT2D eigenvalue weighted by Gasteiger charge is 2.29. The molecule has 7 nitrogen and oxygen atoms in total. The number of carbonyl (C=O) groups is 2. The van der Waals surface area contributed by atoms with Gasteiger partial charge in [-0.05, 0) is 37.5 Å². The Bertz CT molecular complexity index is 766. The highest BCUT2D eigenvalue weighted by molar-refractivity contribution is 8.15. The van der Waals surface area contributed by atoms with Gasteiger partial charge in [-0.2, -0.15) is 4.99 Å². The number of hydrogen-bond acceptors (Lipinski definition) is 5. The number of rotatable bonds is 6. The zero-order valence-corrected chi connectivity index (χ0v) is 18.1. The van der Waals surface area contributed by atoms with Gasteiger partial charge in [-0.15, -0.1) is 0 Å². The van der Waals surface area contributed by atoms with Gasteiger partial charge in [0.15, 0.2) is 5.17 Å². The Morgan fingerprint density at radius 1 is 1.28 bits per heavy atom. The maximum absolute atomic E-state index is 12.2. The molecule has 3 rings (SSSR count). The minimum atomic E-state index is -0.376. The van der Waals surface area contributed by atoms with E-state index in [0.29, 0.717) is 35.5 Å². The van der Waals surface area contributed by atoms with Gasteiger partial charge in [-0.3, -0.25) is 4.79 Å². The zero-order valence-electron chi connectivity index (χ0n) is 16.5. The number of benzene rings is 1. The second-order valence-corrected chi connectivity index (χ2v) is 8.84. The minimum Gasteiger partial charge on any atom is -0.495 e. The van der Waals surface area contributed by atoms with Crippen molar-refractivity contribution in [2.75, 3.05) is 19.0 Å². The van der Waals surface area contributed by atoms with Gasteiger partial charge in [0, 0.05) is 17.6 Å². The van der Waals surface area contributed by atoms with Crippen LogP contribution in [0.3, 0.4) is 0 Å². The number of thioether (sulfide) groups is 1. The average molecular weight is 439 g/mol. The number of nitrogens with one attached hydrogen (secondary N) is 3. The lowest BCUT2D eigenvalue weighted by Gasteiger charge is -2.17. The molecular formula is C20H27ClN4O3S. The van der Waals surface area contributed by atoms with Crippen LogP contribution in [0.25, 0.3) is 0 Å². The van der Waals surface area contributed by atoms with Crippen molar-refractivity contribution in [2.45, 2.75) is 56.2 Å². The molecule has 0 bridgehead atoms. The molecule has 1 aromatic carbocycles. The van der Waals surface area contributed by atoms with Crippen molar-refractivity contribution in [1.29, 1.82) is 0 Å². The zero-order chi connectivity index (χ0) is 20.6. The van der Waals surface area contributed by atoms with E-state index in [1.807, 2.05) is 0 Å². The first-order chi connectivity index (χ1) is 14.0. The molecule has 0 saturated heterocycles. The lowest BCUT2D eigenvalue weighted by atomic mass is 10.1. The second-order valence-electron chi connectivity index (χ2n) is 7.21. The van der Waals surface area contributed by atoms with Crippen LogP contribution in [0, 0.1) is 0 Å². The summed E-state index contributed by atoms with van der Waals surface area (Å²) < 4.78 is 5.21. The quantitative estimate of drug-likeness (QED) is 0.580. The van der Waals surface area contributed by atoms with Crippen LogP contribution < -0.4 is 20.7 Å². The summed E-state index contributed by atoms with van der Waals surface area (Å²) in [5.74, 6) is 0.388. The Labute approximate surface area is 180 Å². The first kappa shape index (κ1) is 21.8. The Morgan fingerprint density at radius 2 is 2.03 bits per heavy atom. The van der Waals surface area contributed by atoms with Crippen LogP contribution in [0.4, 0.5) is 10.5 Å². The summed E-state index contributed by atoms with van der Waals surface area (Å²) in [6.45, 7) is 0.365. The van der Waals surface area contributed by atoms with Gasteiger partial charge < -0.3 is 20.7 Å². The first-order valence-electron chi connectivity index (χ1n) is 9.99. The molecule has 0 radical (unpaired) electrons. The third-order valence-electron chi connectivity index (χ3n) is 5.03. The molecule has 1 heterocycles. The van der Waals surface area contributed by atoms with Gasteiger partial charge in [0.05, 0.1) is 18.0 Å². The van der Waals surface area contributed by atoms with E-state index >= 15 is 0 Å². The number of aliphatic imine (C=N–C) groups is 1. The summed E-state index contributed by atoms with van der Waals surface area (Å²) in [6, 6.07) is 5.03. The number of anilines is 1. The van der Waals surface area contributed by atoms with Crippen LogP contribution >= 0.6 is 23.4 Å². The number of hydrogen-bond donors (Lipinski definition) is 3. The van der Waals surface area contributed by atoms with Gasteiger partial charge in [0.1, 0.15) is 5.75 Å². The van der Waals surface area contributed by atoms with Crippen LogP contribution in [-0.4, -0.2) is 42.1 Å². The van der Waals surface area contributed by atoms with Gasteiger partial charge in [0.25, 0.3) is 5.91 Å². The lowest BCUT2D eigenvalue weighted by Crippen LogP contribution is -2.33. The highest BCUT2D eigenvalue weighted by Crippen LogP contribution is 2.28. The third kappa shape index (κ3) is 6.54. The Kier molecular flexibility index (Phi) is 8.06. The van der Waals surface area contributed by atoms with Crippen molar-refractivity contribution in [3.8, 4) is 5.75 Å². The van der Waals surface area contributed by atoms with Crippen LogP contribution in [-0.2, 0) is 4.79 Å². The van der Waals surface area contributed by atoms with E-state index in [0.717, 1.165) is 18.0 Å². The normalized spacial score (nSPS) is 20.0. The van der Waals surface area contributed by atoms with Crippen molar-refractivity contribution >= 4 is 46.2 Å². The molecule has 1 aromatic rings. The monoisotopic (exact) mass is 438 g/mol. The van der Waals surface area contributed by atoms with Crippen LogP contribution in [0.15, 0.2) is 23.2 Å². The molecule has 2 aliphatic rings. The van der Waals surface area contributed by atoms with Crippen molar-refractivity contribution in [1.82, 2.24) is 10.6 Å². The number of amidine groups is 1. The second kappa shape index (κ2) is 10.7.